The number of nitrogens with one attached hydrogen (secondary N) is 1. The Morgan fingerprint density at radius 3 is 2.22 bits per heavy atom. The zero-order chi connectivity index (χ0) is 22.8. The molecule has 3 rings (SSSR count). The van der Waals surface area contributed by atoms with Crippen molar-refractivity contribution in [3.63, 3.8) is 0 Å². The highest BCUT2D eigenvalue weighted by atomic mass is 32.2. The molecule has 0 atom stereocenters. The van der Waals surface area contributed by atoms with Crippen molar-refractivity contribution in [3.8, 4) is 6.07 Å². The van der Waals surface area contributed by atoms with Crippen molar-refractivity contribution < 1.29 is 17.9 Å². The van der Waals surface area contributed by atoms with Gasteiger partial charge in [-0.05, 0) is 34.4 Å². The largest absolute Gasteiger partial charge is 0.372 e. The Kier molecular flexibility index (Phi) is 8.14. The number of carbonyl (C=O) groups is 1. The highest BCUT2D eigenvalue weighted by molar-refractivity contribution is 7.91. The lowest BCUT2D eigenvalue weighted by molar-refractivity contribution is -0.118. The summed E-state index contributed by atoms with van der Waals surface area (Å²) in [6.07, 6.45) is 0. The van der Waals surface area contributed by atoms with Crippen LogP contribution in [0.25, 0.3) is 0 Å². The minimum Gasteiger partial charge on any atom is -0.372 e. The maximum Gasteiger partial charge on any atom is 0.235 e. The SMILES string of the molecule is N#Cc1ccc(CS(=O)(=O)CC(=O)NCc2cccc(COCc3ccccc3)c2)cc1. The summed E-state index contributed by atoms with van der Waals surface area (Å²) in [5.41, 5.74) is 3.93. The second kappa shape index (κ2) is 11.2. The molecule has 0 saturated carbocycles. The van der Waals surface area contributed by atoms with Crippen LogP contribution in [0.3, 0.4) is 0 Å². The van der Waals surface area contributed by atoms with E-state index >= 15 is 0 Å². The van der Waals surface area contributed by atoms with Gasteiger partial charge in [-0.15, -0.1) is 0 Å². The fraction of sp³-hybridized carbons (Fsp3) is 0.200. The molecule has 0 saturated heterocycles. The predicted octanol–water partition coefficient (Wildman–Crippen LogP) is 3.51. The molecule has 0 aliphatic carbocycles. The molecule has 0 bridgehead atoms. The Balaban J connectivity index is 1.46. The Morgan fingerprint density at radius 1 is 0.844 bits per heavy atom. The minimum absolute atomic E-state index is 0.234. The molecule has 0 unspecified atom stereocenters. The third-order valence-corrected chi connectivity index (χ3v) is 6.16. The lowest BCUT2D eigenvalue weighted by Crippen LogP contribution is -2.30. The van der Waals surface area contributed by atoms with Gasteiger partial charge in [-0.25, -0.2) is 8.42 Å². The van der Waals surface area contributed by atoms with Gasteiger partial charge in [0, 0.05) is 6.54 Å². The van der Waals surface area contributed by atoms with Crippen molar-refractivity contribution >= 4 is 15.7 Å². The smallest absolute Gasteiger partial charge is 0.235 e. The molecule has 0 aliphatic rings. The molecular formula is C25H24N2O4S. The van der Waals surface area contributed by atoms with Crippen LogP contribution in [0.2, 0.25) is 0 Å². The van der Waals surface area contributed by atoms with Gasteiger partial charge < -0.3 is 10.1 Å². The van der Waals surface area contributed by atoms with Crippen LogP contribution in [-0.4, -0.2) is 20.1 Å². The van der Waals surface area contributed by atoms with Crippen molar-refractivity contribution in [2.24, 2.45) is 0 Å². The molecule has 0 fully saturated rings. The van der Waals surface area contributed by atoms with Crippen LogP contribution in [-0.2, 0) is 44.9 Å². The summed E-state index contributed by atoms with van der Waals surface area (Å²) in [6, 6.07) is 25.8. The molecule has 3 aromatic carbocycles. The first-order valence-electron chi connectivity index (χ1n) is 10.1. The summed E-state index contributed by atoms with van der Waals surface area (Å²) >= 11 is 0. The van der Waals surface area contributed by atoms with Crippen molar-refractivity contribution in [1.29, 1.82) is 5.26 Å². The van der Waals surface area contributed by atoms with E-state index < -0.39 is 21.5 Å². The fourth-order valence-corrected chi connectivity index (χ4v) is 4.43. The van der Waals surface area contributed by atoms with Gasteiger partial charge in [0.05, 0.1) is 30.6 Å². The van der Waals surface area contributed by atoms with Crippen LogP contribution in [0.4, 0.5) is 0 Å². The average molecular weight is 449 g/mol. The van der Waals surface area contributed by atoms with Gasteiger partial charge >= 0.3 is 0 Å². The van der Waals surface area contributed by atoms with Crippen LogP contribution in [0.15, 0.2) is 78.9 Å². The Labute approximate surface area is 188 Å². The third-order valence-electron chi connectivity index (χ3n) is 4.68. The number of rotatable bonds is 10. The van der Waals surface area contributed by atoms with Gasteiger partial charge in [-0.2, -0.15) is 5.26 Å². The first-order valence-corrected chi connectivity index (χ1v) is 11.9. The van der Waals surface area contributed by atoms with Crippen molar-refractivity contribution in [3.05, 3.63) is 107 Å². The number of ether oxygens (including phenoxy) is 1. The standard InChI is InChI=1S/C25H24N2O4S/c26-14-20-9-11-22(12-10-20)18-32(29,30)19-25(28)27-15-23-7-4-8-24(13-23)17-31-16-21-5-2-1-3-6-21/h1-13H,15-19H2,(H,27,28). The van der Waals surface area contributed by atoms with E-state index in [1.807, 2.05) is 60.7 Å². The molecular weight excluding hydrogens is 424 g/mol. The zero-order valence-electron chi connectivity index (χ0n) is 17.5. The highest BCUT2D eigenvalue weighted by Crippen LogP contribution is 2.10. The van der Waals surface area contributed by atoms with E-state index in [1.54, 1.807) is 24.3 Å². The van der Waals surface area contributed by atoms with Crippen LogP contribution in [0.5, 0.6) is 0 Å². The molecule has 3 aromatic rings. The number of nitriles is 1. The fourth-order valence-electron chi connectivity index (χ4n) is 3.12. The van der Waals surface area contributed by atoms with Crippen LogP contribution in [0, 0.1) is 11.3 Å². The second-order valence-electron chi connectivity index (χ2n) is 7.42. The molecule has 164 valence electrons. The average Bonchev–Trinajstić information content (AvgIpc) is 2.79. The summed E-state index contributed by atoms with van der Waals surface area (Å²) in [5, 5.41) is 11.5. The molecule has 0 aromatic heterocycles. The van der Waals surface area contributed by atoms with Gasteiger partial charge in [0.2, 0.25) is 5.91 Å². The summed E-state index contributed by atoms with van der Waals surface area (Å²) in [7, 11) is -3.62. The highest BCUT2D eigenvalue weighted by Gasteiger charge is 2.17. The molecule has 6 nitrogen and oxygen atoms in total. The van der Waals surface area contributed by atoms with Gasteiger partial charge in [-0.3, -0.25) is 4.79 Å². The lowest BCUT2D eigenvalue weighted by Gasteiger charge is -2.09. The molecule has 0 spiro atoms. The minimum atomic E-state index is -3.62. The Hall–Kier alpha value is -3.47. The summed E-state index contributed by atoms with van der Waals surface area (Å²) in [4.78, 5) is 12.2. The van der Waals surface area contributed by atoms with E-state index in [2.05, 4.69) is 5.32 Å². The first-order chi connectivity index (χ1) is 15.4. The monoisotopic (exact) mass is 448 g/mol. The van der Waals surface area contributed by atoms with Crippen LogP contribution >= 0.6 is 0 Å². The van der Waals surface area contributed by atoms with Crippen molar-refractivity contribution in [2.75, 3.05) is 5.75 Å². The molecule has 32 heavy (non-hydrogen) atoms. The Bertz CT molecular complexity index is 1180. The predicted molar refractivity (Wildman–Crippen MR) is 122 cm³/mol. The summed E-state index contributed by atoms with van der Waals surface area (Å²) in [5.74, 6) is -1.39. The molecule has 0 aliphatic heterocycles. The van der Waals surface area contributed by atoms with E-state index in [9.17, 15) is 13.2 Å². The van der Waals surface area contributed by atoms with Crippen molar-refractivity contribution in [2.45, 2.75) is 25.5 Å². The van der Waals surface area contributed by atoms with E-state index in [0.29, 0.717) is 24.3 Å². The quantitative estimate of drug-likeness (QED) is 0.512. The van der Waals surface area contributed by atoms with Crippen molar-refractivity contribution in [1.82, 2.24) is 5.32 Å². The van der Waals surface area contributed by atoms with Crippen LogP contribution in [0.1, 0.15) is 27.8 Å². The van der Waals surface area contributed by atoms with Gasteiger partial charge in [0.1, 0.15) is 5.75 Å². The second-order valence-corrected chi connectivity index (χ2v) is 9.48. The van der Waals surface area contributed by atoms with E-state index in [1.165, 1.54) is 0 Å². The lowest BCUT2D eigenvalue weighted by atomic mass is 10.1. The number of sulfone groups is 1. The zero-order valence-corrected chi connectivity index (χ0v) is 18.3. The molecule has 1 amide bonds. The van der Waals surface area contributed by atoms with E-state index in [-0.39, 0.29) is 12.3 Å². The summed E-state index contributed by atoms with van der Waals surface area (Å²) < 4.78 is 30.4. The maximum absolute atomic E-state index is 12.3. The van der Waals surface area contributed by atoms with E-state index in [4.69, 9.17) is 10.00 Å². The third kappa shape index (κ3) is 7.65. The molecule has 7 heteroatoms. The van der Waals surface area contributed by atoms with Crippen LogP contribution < -0.4 is 5.32 Å². The molecule has 0 heterocycles. The van der Waals surface area contributed by atoms with Gasteiger partial charge in [0.15, 0.2) is 9.84 Å². The number of nitrogens with zero attached hydrogens (tertiary/aromatic N) is 1. The summed E-state index contributed by atoms with van der Waals surface area (Å²) in [6.45, 7) is 1.19. The topological polar surface area (TPSA) is 96.3 Å². The maximum atomic E-state index is 12.3. The number of benzene rings is 3. The normalized spacial score (nSPS) is 11.0. The van der Waals surface area contributed by atoms with Gasteiger partial charge in [0.25, 0.3) is 0 Å². The number of amides is 1. The first kappa shape index (κ1) is 23.2. The molecule has 1 N–H and O–H groups in total. The number of carbonyl (C=O) groups excluding carboxylic acids is 1. The number of hydrogen-bond acceptors (Lipinski definition) is 5. The number of hydrogen-bond donors (Lipinski definition) is 1. The van der Waals surface area contributed by atoms with Gasteiger partial charge in [-0.1, -0.05) is 66.7 Å². The Morgan fingerprint density at radius 2 is 1.50 bits per heavy atom. The molecule has 0 radical (unpaired) electrons. The van der Waals surface area contributed by atoms with E-state index in [0.717, 1.165) is 16.7 Å².